The van der Waals surface area contributed by atoms with Gasteiger partial charge in [0, 0.05) is 20.0 Å². The number of hydrogen-bond donors (Lipinski definition) is 1. The highest BCUT2D eigenvalue weighted by Crippen LogP contribution is 2.18. The fourth-order valence-electron chi connectivity index (χ4n) is 1.80. The molecule has 0 unspecified atom stereocenters. The summed E-state index contributed by atoms with van der Waals surface area (Å²) in [6, 6.07) is 10.1. The van der Waals surface area contributed by atoms with Crippen LogP contribution in [-0.4, -0.2) is 28.9 Å². The second-order valence-electron chi connectivity index (χ2n) is 4.47. The minimum atomic E-state index is -0.475. The number of aromatic nitrogens is 2. The van der Waals surface area contributed by atoms with Crippen LogP contribution < -0.4 is 4.90 Å². The minimum absolute atomic E-state index is 0.475. The minimum Gasteiger partial charge on any atom is -0.408 e. The van der Waals surface area contributed by atoms with Crippen LogP contribution in [0.2, 0.25) is 0 Å². The van der Waals surface area contributed by atoms with Crippen molar-refractivity contribution in [3.8, 4) is 0 Å². The Labute approximate surface area is 112 Å². The van der Waals surface area contributed by atoms with E-state index in [4.69, 9.17) is 4.42 Å². The Morgan fingerprint density at radius 1 is 1.26 bits per heavy atom. The molecule has 5 heteroatoms. The van der Waals surface area contributed by atoms with E-state index < -0.39 is 6.10 Å². The molecule has 5 nitrogen and oxygen atoms in total. The molecule has 0 aliphatic rings. The van der Waals surface area contributed by atoms with E-state index in [9.17, 15) is 5.11 Å². The van der Waals surface area contributed by atoms with E-state index in [0.717, 1.165) is 12.0 Å². The molecule has 1 heterocycles. The number of hydrogen-bond acceptors (Lipinski definition) is 5. The summed E-state index contributed by atoms with van der Waals surface area (Å²) >= 11 is 0. The summed E-state index contributed by atoms with van der Waals surface area (Å²) in [6.07, 6.45) is 0.870. The van der Waals surface area contributed by atoms with Crippen molar-refractivity contribution < 1.29 is 9.52 Å². The van der Waals surface area contributed by atoms with E-state index in [0.29, 0.717) is 24.9 Å². The van der Waals surface area contributed by atoms with Gasteiger partial charge in [0.25, 0.3) is 0 Å². The van der Waals surface area contributed by atoms with Gasteiger partial charge in [0.15, 0.2) is 0 Å². The molecule has 0 aliphatic carbocycles. The van der Waals surface area contributed by atoms with E-state index in [1.54, 1.807) is 0 Å². The molecule has 0 saturated heterocycles. The van der Waals surface area contributed by atoms with Crippen molar-refractivity contribution in [2.75, 3.05) is 18.5 Å². The molecule has 1 N–H and O–H groups in total. The summed E-state index contributed by atoms with van der Waals surface area (Å²) in [5.74, 6) is 0.630. The van der Waals surface area contributed by atoms with Crippen molar-refractivity contribution in [3.05, 3.63) is 41.8 Å². The SMILES string of the molecule is CCc1nnc(N(C)CC[C@@H](O)c2ccccc2)o1. The molecule has 1 atom stereocenters. The first kappa shape index (κ1) is 13.5. The Balaban J connectivity index is 1.88. The van der Waals surface area contributed by atoms with Gasteiger partial charge in [-0.2, -0.15) is 0 Å². The fraction of sp³-hybridized carbons (Fsp3) is 0.429. The van der Waals surface area contributed by atoms with Crippen molar-refractivity contribution in [2.45, 2.75) is 25.9 Å². The Morgan fingerprint density at radius 3 is 2.63 bits per heavy atom. The van der Waals surface area contributed by atoms with E-state index in [2.05, 4.69) is 10.2 Å². The molecule has 1 aromatic carbocycles. The number of aliphatic hydroxyl groups excluding tert-OH is 1. The number of nitrogens with zero attached hydrogens (tertiary/aromatic N) is 3. The monoisotopic (exact) mass is 261 g/mol. The lowest BCUT2D eigenvalue weighted by Gasteiger charge is -2.17. The van der Waals surface area contributed by atoms with E-state index in [-0.39, 0.29) is 0 Å². The van der Waals surface area contributed by atoms with Crippen molar-refractivity contribution in [1.82, 2.24) is 10.2 Å². The summed E-state index contributed by atoms with van der Waals surface area (Å²) < 4.78 is 5.45. The molecule has 2 aromatic rings. The molecule has 19 heavy (non-hydrogen) atoms. The van der Waals surface area contributed by atoms with Gasteiger partial charge in [-0.25, -0.2) is 0 Å². The van der Waals surface area contributed by atoms with Crippen LogP contribution in [0.25, 0.3) is 0 Å². The molecule has 0 amide bonds. The van der Waals surface area contributed by atoms with Gasteiger partial charge in [-0.15, -0.1) is 5.10 Å². The first-order valence-electron chi connectivity index (χ1n) is 6.47. The number of anilines is 1. The Morgan fingerprint density at radius 2 is 2.00 bits per heavy atom. The highest BCUT2D eigenvalue weighted by molar-refractivity contribution is 5.22. The van der Waals surface area contributed by atoms with Crippen LogP contribution in [0.15, 0.2) is 34.7 Å². The van der Waals surface area contributed by atoms with Crippen molar-refractivity contribution in [1.29, 1.82) is 0 Å². The highest BCUT2D eigenvalue weighted by atomic mass is 16.4. The standard InChI is InChI=1S/C14H19N3O2/c1-3-13-15-16-14(19-13)17(2)10-9-12(18)11-7-5-4-6-8-11/h4-8,12,18H,3,9-10H2,1-2H3/t12-/m1/s1. The van der Waals surface area contributed by atoms with Crippen molar-refractivity contribution in [2.24, 2.45) is 0 Å². The third-order valence-corrected chi connectivity index (χ3v) is 3.01. The smallest absolute Gasteiger partial charge is 0.317 e. The molecular formula is C14H19N3O2. The largest absolute Gasteiger partial charge is 0.408 e. The van der Waals surface area contributed by atoms with Crippen LogP contribution in [0.4, 0.5) is 6.01 Å². The molecule has 0 bridgehead atoms. The quantitative estimate of drug-likeness (QED) is 0.863. The molecule has 2 rings (SSSR count). The van der Waals surface area contributed by atoms with Crippen LogP contribution in [0.3, 0.4) is 0 Å². The number of rotatable bonds is 6. The molecule has 0 spiro atoms. The van der Waals surface area contributed by atoms with Gasteiger partial charge in [0.2, 0.25) is 5.89 Å². The topological polar surface area (TPSA) is 62.4 Å². The van der Waals surface area contributed by atoms with Crippen LogP contribution in [0, 0.1) is 0 Å². The number of benzene rings is 1. The van der Waals surface area contributed by atoms with E-state index in [1.165, 1.54) is 0 Å². The van der Waals surface area contributed by atoms with Crippen LogP contribution in [0.1, 0.15) is 30.9 Å². The van der Waals surface area contributed by atoms with E-state index in [1.807, 2.05) is 49.2 Å². The first-order valence-corrected chi connectivity index (χ1v) is 6.47. The number of aliphatic hydroxyl groups is 1. The maximum atomic E-state index is 10.1. The summed E-state index contributed by atoms with van der Waals surface area (Å²) in [6.45, 7) is 2.62. The number of aryl methyl sites for hydroxylation is 1. The fourth-order valence-corrected chi connectivity index (χ4v) is 1.80. The van der Waals surface area contributed by atoms with Gasteiger partial charge in [-0.05, 0) is 12.0 Å². The van der Waals surface area contributed by atoms with Crippen molar-refractivity contribution >= 4 is 6.01 Å². The lowest BCUT2D eigenvalue weighted by Crippen LogP contribution is -2.20. The van der Waals surface area contributed by atoms with Gasteiger partial charge in [-0.1, -0.05) is 42.4 Å². The van der Waals surface area contributed by atoms with Crippen LogP contribution in [0.5, 0.6) is 0 Å². The average Bonchev–Trinajstić information content (AvgIpc) is 2.94. The Bertz CT molecular complexity index is 498. The molecule has 0 fully saturated rings. The van der Waals surface area contributed by atoms with Crippen molar-refractivity contribution in [3.63, 3.8) is 0 Å². The Hall–Kier alpha value is -1.88. The molecule has 0 radical (unpaired) electrons. The molecule has 1 aromatic heterocycles. The summed E-state index contributed by atoms with van der Waals surface area (Å²) in [5, 5.41) is 18.0. The third kappa shape index (κ3) is 3.54. The lowest BCUT2D eigenvalue weighted by molar-refractivity contribution is 0.169. The zero-order valence-corrected chi connectivity index (χ0v) is 11.3. The maximum absolute atomic E-state index is 10.1. The predicted octanol–water partition coefficient (Wildman–Crippen LogP) is 2.19. The third-order valence-electron chi connectivity index (χ3n) is 3.01. The van der Waals surface area contributed by atoms with Gasteiger partial charge in [-0.3, -0.25) is 0 Å². The molecule has 0 saturated carbocycles. The van der Waals surface area contributed by atoms with Gasteiger partial charge >= 0.3 is 6.01 Å². The van der Waals surface area contributed by atoms with Gasteiger partial charge in [0.05, 0.1) is 6.10 Å². The second kappa shape index (κ2) is 6.33. The second-order valence-corrected chi connectivity index (χ2v) is 4.47. The lowest BCUT2D eigenvalue weighted by atomic mass is 10.1. The summed E-state index contributed by atoms with van der Waals surface area (Å²) in [5.41, 5.74) is 0.927. The molecule has 0 aliphatic heterocycles. The van der Waals surface area contributed by atoms with Crippen LogP contribution in [-0.2, 0) is 6.42 Å². The van der Waals surface area contributed by atoms with Gasteiger partial charge in [0.1, 0.15) is 0 Å². The summed E-state index contributed by atoms with van der Waals surface area (Å²) in [4.78, 5) is 1.86. The zero-order chi connectivity index (χ0) is 13.7. The average molecular weight is 261 g/mol. The molecular weight excluding hydrogens is 242 g/mol. The normalized spacial score (nSPS) is 12.4. The van der Waals surface area contributed by atoms with Crippen LogP contribution >= 0.6 is 0 Å². The zero-order valence-electron chi connectivity index (χ0n) is 11.3. The van der Waals surface area contributed by atoms with Gasteiger partial charge < -0.3 is 14.4 Å². The maximum Gasteiger partial charge on any atom is 0.317 e. The summed E-state index contributed by atoms with van der Waals surface area (Å²) in [7, 11) is 1.88. The first-order chi connectivity index (χ1) is 9.20. The highest BCUT2D eigenvalue weighted by Gasteiger charge is 2.12. The Kier molecular flexibility index (Phi) is 4.52. The van der Waals surface area contributed by atoms with E-state index >= 15 is 0 Å². The predicted molar refractivity (Wildman–Crippen MR) is 73.0 cm³/mol. The molecule has 102 valence electrons.